The van der Waals surface area contributed by atoms with E-state index >= 15 is 0 Å². The molecule has 6 nitrogen and oxygen atoms in total. The molecule has 2 N–H and O–H groups in total. The van der Waals surface area contributed by atoms with E-state index in [1.54, 1.807) is 12.1 Å². The van der Waals surface area contributed by atoms with Crippen LogP contribution in [-0.4, -0.2) is 54.8 Å². The second kappa shape index (κ2) is 6.17. The summed E-state index contributed by atoms with van der Waals surface area (Å²) in [6.45, 7) is 7.15. The monoisotopic (exact) mass is 298 g/mol. The molecular weight excluding hydrogens is 276 g/mol. The van der Waals surface area contributed by atoms with Gasteiger partial charge < -0.3 is 5.73 Å². The molecule has 7 heteroatoms. The molecule has 1 fully saturated rings. The maximum Gasteiger partial charge on any atom is 0.244 e. The molecule has 0 aromatic carbocycles. The number of sulfonamides is 1. The van der Waals surface area contributed by atoms with Crippen LogP contribution in [0, 0.1) is 0 Å². The van der Waals surface area contributed by atoms with E-state index in [0.29, 0.717) is 31.4 Å². The lowest BCUT2D eigenvalue weighted by Gasteiger charge is -2.36. The summed E-state index contributed by atoms with van der Waals surface area (Å²) in [6, 6.07) is 3.70. The number of pyridine rings is 1. The Bertz CT molecular complexity index is 534. The predicted molar refractivity (Wildman–Crippen MR) is 77.6 cm³/mol. The number of nitrogens with zero attached hydrogens (tertiary/aromatic N) is 3. The van der Waals surface area contributed by atoms with Gasteiger partial charge >= 0.3 is 0 Å². The number of aromatic nitrogens is 1. The molecule has 0 amide bonds. The van der Waals surface area contributed by atoms with Gasteiger partial charge in [0.15, 0.2) is 0 Å². The first kappa shape index (κ1) is 15.4. The Morgan fingerprint density at radius 1 is 1.25 bits per heavy atom. The Morgan fingerprint density at radius 2 is 1.90 bits per heavy atom. The first-order chi connectivity index (χ1) is 9.45. The summed E-state index contributed by atoms with van der Waals surface area (Å²) >= 11 is 0. The van der Waals surface area contributed by atoms with Gasteiger partial charge in [-0.3, -0.25) is 9.88 Å². The molecule has 112 valence electrons. The van der Waals surface area contributed by atoms with E-state index < -0.39 is 10.0 Å². The molecule has 1 aliphatic heterocycles. The van der Waals surface area contributed by atoms with Crippen LogP contribution in [0.3, 0.4) is 0 Å². The fraction of sp³-hybridized carbons (Fsp3) is 0.615. The topological polar surface area (TPSA) is 79.5 Å². The third-order valence-corrected chi connectivity index (χ3v) is 5.53. The zero-order chi connectivity index (χ0) is 14.8. The highest BCUT2D eigenvalue weighted by Crippen LogP contribution is 2.17. The van der Waals surface area contributed by atoms with Crippen LogP contribution in [0.4, 0.5) is 0 Å². The molecule has 1 saturated heterocycles. The van der Waals surface area contributed by atoms with Crippen molar-refractivity contribution in [3.05, 3.63) is 24.0 Å². The van der Waals surface area contributed by atoms with Gasteiger partial charge in [0.1, 0.15) is 4.90 Å². The lowest BCUT2D eigenvalue weighted by Crippen LogP contribution is -2.50. The second-order valence-corrected chi connectivity index (χ2v) is 7.16. The van der Waals surface area contributed by atoms with Crippen molar-refractivity contribution in [1.82, 2.24) is 14.2 Å². The SMILES string of the molecule is CC(C)N1CCN(S(=O)(=O)c2ccc(CN)nc2)CC1. The number of rotatable bonds is 4. The molecule has 0 unspecified atom stereocenters. The summed E-state index contributed by atoms with van der Waals surface area (Å²) in [4.78, 5) is 6.58. The number of hydrogen-bond acceptors (Lipinski definition) is 5. The minimum absolute atomic E-state index is 0.243. The molecule has 0 aliphatic carbocycles. The van der Waals surface area contributed by atoms with Crippen LogP contribution in [0.2, 0.25) is 0 Å². The minimum Gasteiger partial charge on any atom is -0.325 e. The molecule has 0 spiro atoms. The van der Waals surface area contributed by atoms with Gasteiger partial charge in [0, 0.05) is 45.0 Å². The van der Waals surface area contributed by atoms with Gasteiger partial charge in [-0.2, -0.15) is 4.31 Å². The van der Waals surface area contributed by atoms with E-state index in [4.69, 9.17) is 5.73 Å². The summed E-state index contributed by atoms with van der Waals surface area (Å²) < 4.78 is 26.5. The third-order valence-electron chi connectivity index (χ3n) is 3.65. The van der Waals surface area contributed by atoms with Crippen molar-refractivity contribution < 1.29 is 8.42 Å². The largest absolute Gasteiger partial charge is 0.325 e. The predicted octanol–water partition coefficient (Wildman–Crippen LogP) is 0.255. The summed E-state index contributed by atoms with van der Waals surface area (Å²) in [5.41, 5.74) is 6.16. The molecule has 0 bridgehead atoms. The molecule has 0 atom stereocenters. The van der Waals surface area contributed by atoms with Crippen LogP contribution in [0.1, 0.15) is 19.5 Å². The van der Waals surface area contributed by atoms with Crippen molar-refractivity contribution in [3.8, 4) is 0 Å². The Balaban J connectivity index is 2.11. The van der Waals surface area contributed by atoms with E-state index in [-0.39, 0.29) is 4.90 Å². The van der Waals surface area contributed by atoms with E-state index in [0.717, 1.165) is 13.1 Å². The van der Waals surface area contributed by atoms with Crippen molar-refractivity contribution in [2.45, 2.75) is 31.3 Å². The quantitative estimate of drug-likeness (QED) is 0.862. The van der Waals surface area contributed by atoms with Gasteiger partial charge in [0.2, 0.25) is 10.0 Å². The zero-order valence-corrected chi connectivity index (χ0v) is 12.8. The van der Waals surface area contributed by atoms with Crippen molar-refractivity contribution >= 4 is 10.0 Å². The van der Waals surface area contributed by atoms with Gasteiger partial charge in [-0.1, -0.05) is 0 Å². The molecular formula is C13H22N4O2S. The summed E-state index contributed by atoms with van der Waals surface area (Å²) in [5, 5.41) is 0. The van der Waals surface area contributed by atoms with Crippen LogP contribution in [0.25, 0.3) is 0 Å². The number of hydrogen-bond donors (Lipinski definition) is 1. The molecule has 1 aromatic heterocycles. The van der Waals surface area contributed by atoms with Crippen LogP contribution in [0.15, 0.2) is 23.2 Å². The summed E-state index contributed by atoms with van der Waals surface area (Å²) in [7, 11) is -3.43. The van der Waals surface area contributed by atoms with Crippen LogP contribution in [-0.2, 0) is 16.6 Å². The standard InChI is InChI=1S/C13H22N4O2S/c1-11(2)16-5-7-17(8-6-16)20(18,19)13-4-3-12(9-14)15-10-13/h3-4,10-11H,5-9,14H2,1-2H3. The van der Waals surface area contributed by atoms with Crippen LogP contribution in [0.5, 0.6) is 0 Å². The molecule has 20 heavy (non-hydrogen) atoms. The first-order valence-corrected chi connectivity index (χ1v) is 8.28. The van der Waals surface area contributed by atoms with E-state index in [1.165, 1.54) is 10.5 Å². The maximum absolute atomic E-state index is 12.5. The molecule has 2 rings (SSSR count). The van der Waals surface area contributed by atoms with Crippen LogP contribution < -0.4 is 5.73 Å². The smallest absolute Gasteiger partial charge is 0.244 e. The highest BCUT2D eigenvalue weighted by atomic mass is 32.2. The Morgan fingerprint density at radius 3 is 2.35 bits per heavy atom. The normalized spacial score (nSPS) is 18.6. The zero-order valence-electron chi connectivity index (χ0n) is 12.0. The first-order valence-electron chi connectivity index (χ1n) is 6.84. The molecule has 1 aliphatic rings. The molecule has 0 radical (unpaired) electrons. The van der Waals surface area contributed by atoms with Crippen LogP contribution >= 0.6 is 0 Å². The van der Waals surface area contributed by atoms with Crippen molar-refractivity contribution in [2.24, 2.45) is 5.73 Å². The van der Waals surface area contributed by atoms with Gasteiger partial charge in [-0.05, 0) is 26.0 Å². The van der Waals surface area contributed by atoms with Gasteiger partial charge in [0.05, 0.1) is 5.69 Å². The lowest BCUT2D eigenvalue weighted by molar-refractivity contribution is 0.154. The summed E-state index contributed by atoms with van der Waals surface area (Å²) in [5.74, 6) is 0. The second-order valence-electron chi connectivity index (χ2n) is 5.22. The van der Waals surface area contributed by atoms with Gasteiger partial charge in [-0.25, -0.2) is 8.42 Å². The van der Waals surface area contributed by atoms with E-state index in [1.807, 2.05) is 0 Å². The van der Waals surface area contributed by atoms with Crippen molar-refractivity contribution in [1.29, 1.82) is 0 Å². The molecule has 1 aromatic rings. The molecule has 0 saturated carbocycles. The van der Waals surface area contributed by atoms with Gasteiger partial charge in [-0.15, -0.1) is 0 Å². The Kier molecular flexibility index (Phi) is 4.74. The fourth-order valence-corrected chi connectivity index (χ4v) is 3.66. The van der Waals surface area contributed by atoms with E-state index in [9.17, 15) is 8.42 Å². The van der Waals surface area contributed by atoms with Crippen molar-refractivity contribution in [3.63, 3.8) is 0 Å². The highest BCUT2D eigenvalue weighted by molar-refractivity contribution is 7.89. The maximum atomic E-state index is 12.5. The highest BCUT2D eigenvalue weighted by Gasteiger charge is 2.29. The Labute approximate surface area is 120 Å². The third kappa shape index (κ3) is 3.17. The van der Waals surface area contributed by atoms with Crippen molar-refractivity contribution in [2.75, 3.05) is 26.2 Å². The Hall–Kier alpha value is -1.02. The molecule has 2 heterocycles. The summed E-state index contributed by atoms with van der Waals surface area (Å²) in [6.07, 6.45) is 1.40. The average Bonchev–Trinajstić information content (AvgIpc) is 2.47. The average molecular weight is 298 g/mol. The lowest BCUT2D eigenvalue weighted by atomic mass is 10.3. The number of nitrogens with two attached hydrogens (primary N) is 1. The minimum atomic E-state index is -3.43. The van der Waals surface area contributed by atoms with Gasteiger partial charge in [0.25, 0.3) is 0 Å². The fourth-order valence-electron chi connectivity index (χ4n) is 2.29. The number of piperazine rings is 1. The van der Waals surface area contributed by atoms with E-state index in [2.05, 4.69) is 23.7 Å².